The van der Waals surface area contributed by atoms with Crippen LogP contribution in [0.15, 0.2) is 18.2 Å². The van der Waals surface area contributed by atoms with E-state index in [1.165, 1.54) is 12.1 Å². The zero-order valence-corrected chi connectivity index (χ0v) is 12.2. The molecule has 0 bridgehead atoms. The van der Waals surface area contributed by atoms with Crippen molar-refractivity contribution in [3.63, 3.8) is 0 Å². The van der Waals surface area contributed by atoms with Crippen LogP contribution in [0, 0.1) is 0 Å². The third kappa shape index (κ3) is 3.45. The van der Waals surface area contributed by atoms with Gasteiger partial charge in [0.15, 0.2) is 0 Å². The number of aromatic hydroxyl groups is 1. The van der Waals surface area contributed by atoms with Crippen LogP contribution in [0.3, 0.4) is 0 Å². The summed E-state index contributed by atoms with van der Waals surface area (Å²) in [4.78, 5) is 27.7. The van der Waals surface area contributed by atoms with E-state index in [0.29, 0.717) is 38.2 Å². The molecule has 1 aliphatic heterocycles. The molecule has 1 aromatic carbocycles. The van der Waals surface area contributed by atoms with Gasteiger partial charge in [0.1, 0.15) is 5.75 Å². The normalized spacial score (nSPS) is 15.7. The first-order valence-corrected chi connectivity index (χ1v) is 7.18. The summed E-state index contributed by atoms with van der Waals surface area (Å²) in [5.74, 6) is -0.107. The molecule has 0 unspecified atom stereocenters. The fourth-order valence-corrected chi connectivity index (χ4v) is 2.45. The zero-order valence-electron chi connectivity index (χ0n) is 12.2. The van der Waals surface area contributed by atoms with Gasteiger partial charge in [0.2, 0.25) is 5.91 Å². The number of phenols is 1. The van der Waals surface area contributed by atoms with Crippen molar-refractivity contribution in [1.29, 1.82) is 0 Å². The van der Waals surface area contributed by atoms with E-state index in [4.69, 9.17) is 5.73 Å². The largest absolute Gasteiger partial charge is 0.506 e. The molecule has 0 saturated carbocycles. The quantitative estimate of drug-likeness (QED) is 0.630. The molecule has 1 aromatic rings. The number of carbonyl (C=O) groups is 2. The van der Waals surface area contributed by atoms with Crippen molar-refractivity contribution >= 4 is 17.5 Å². The molecular weight excluding hydrogens is 270 g/mol. The van der Waals surface area contributed by atoms with Crippen LogP contribution >= 0.6 is 0 Å². The Morgan fingerprint density at radius 2 is 1.86 bits per heavy atom. The van der Waals surface area contributed by atoms with Crippen LogP contribution < -0.4 is 5.73 Å². The minimum atomic E-state index is -0.143. The number of hydrogen-bond acceptors (Lipinski definition) is 4. The molecule has 114 valence electrons. The van der Waals surface area contributed by atoms with E-state index in [1.807, 2.05) is 6.92 Å². The number of benzene rings is 1. The molecule has 6 heteroatoms. The number of anilines is 1. The second-order valence-electron chi connectivity index (χ2n) is 5.15. The van der Waals surface area contributed by atoms with Gasteiger partial charge >= 0.3 is 0 Å². The third-order valence-corrected chi connectivity index (χ3v) is 3.72. The maximum atomic E-state index is 12.4. The molecule has 0 radical (unpaired) electrons. The van der Waals surface area contributed by atoms with Crippen molar-refractivity contribution in [3.8, 4) is 5.75 Å². The Hall–Kier alpha value is -2.24. The second kappa shape index (κ2) is 6.47. The number of nitrogens with two attached hydrogens (primary N) is 1. The van der Waals surface area contributed by atoms with Crippen LogP contribution in [0.1, 0.15) is 30.1 Å². The monoisotopic (exact) mass is 291 g/mol. The maximum Gasteiger partial charge on any atom is 0.254 e. The number of amides is 2. The molecule has 0 atom stereocenters. The number of carbonyl (C=O) groups excluding carboxylic acids is 2. The Labute approximate surface area is 124 Å². The topological polar surface area (TPSA) is 86.9 Å². The molecule has 2 rings (SSSR count). The molecule has 1 fully saturated rings. The summed E-state index contributed by atoms with van der Waals surface area (Å²) in [6, 6.07) is 4.52. The van der Waals surface area contributed by atoms with Crippen molar-refractivity contribution in [3.05, 3.63) is 23.8 Å². The van der Waals surface area contributed by atoms with E-state index in [0.717, 1.165) is 6.42 Å². The lowest BCUT2D eigenvalue weighted by molar-refractivity contribution is -0.130. The molecule has 21 heavy (non-hydrogen) atoms. The lowest BCUT2D eigenvalue weighted by Crippen LogP contribution is -2.37. The first kappa shape index (κ1) is 15.2. The first-order chi connectivity index (χ1) is 10.0. The summed E-state index contributed by atoms with van der Waals surface area (Å²) in [6.07, 6.45) is 1.25. The van der Waals surface area contributed by atoms with E-state index < -0.39 is 0 Å². The Morgan fingerprint density at radius 1 is 1.19 bits per heavy atom. The Morgan fingerprint density at radius 3 is 2.52 bits per heavy atom. The number of hydrogen-bond donors (Lipinski definition) is 2. The van der Waals surface area contributed by atoms with Gasteiger partial charge in [-0.15, -0.1) is 0 Å². The maximum absolute atomic E-state index is 12.4. The summed E-state index contributed by atoms with van der Waals surface area (Å²) < 4.78 is 0. The van der Waals surface area contributed by atoms with Crippen LogP contribution in [-0.4, -0.2) is 52.9 Å². The van der Waals surface area contributed by atoms with Crippen LogP contribution in [0.5, 0.6) is 5.75 Å². The summed E-state index contributed by atoms with van der Waals surface area (Å²) in [7, 11) is 0. The predicted octanol–water partition coefficient (Wildman–Crippen LogP) is 1.06. The van der Waals surface area contributed by atoms with Gasteiger partial charge in [-0.2, -0.15) is 0 Å². The van der Waals surface area contributed by atoms with Gasteiger partial charge in [-0.25, -0.2) is 0 Å². The Balaban J connectivity index is 2.06. The minimum Gasteiger partial charge on any atom is -0.506 e. The van der Waals surface area contributed by atoms with Crippen molar-refractivity contribution in [2.75, 3.05) is 31.9 Å². The molecule has 0 spiro atoms. The van der Waals surface area contributed by atoms with Gasteiger partial charge in [0.05, 0.1) is 5.69 Å². The van der Waals surface area contributed by atoms with E-state index in [-0.39, 0.29) is 23.3 Å². The van der Waals surface area contributed by atoms with Gasteiger partial charge in [-0.3, -0.25) is 9.59 Å². The van der Waals surface area contributed by atoms with Crippen molar-refractivity contribution in [2.24, 2.45) is 0 Å². The third-order valence-electron chi connectivity index (χ3n) is 3.72. The van der Waals surface area contributed by atoms with E-state index in [9.17, 15) is 14.7 Å². The lowest BCUT2D eigenvalue weighted by Gasteiger charge is -2.22. The highest BCUT2D eigenvalue weighted by Crippen LogP contribution is 2.22. The molecular formula is C15H21N3O3. The van der Waals surface area contributed by atoms with Gasteiger partial charge < -0.3 is 20.6 Å². The summed E-state index contributed by atoms with van der Waals surface area (Å²) in [6.45, 7) is 4.20. The zero-order chi connectivity index (χ0) is 15.4. The summed E-state index contributed by atoms with van der Waals surface area (Å²) in [5, 5.41) is 9.60. The highest BCUT2D eigenvalue weighted by atomic mass is 16.3. The summed E-state index contributed by atoms with van der Waals surface area (Å²) in [5.41, 5.74) is 6.21. The number of phenolic OH excluding ortho intramolecular Hbond substituents is 1. The molecule has 1 heterocycles. The minimum absolute atomic E-state index is 0.0848. The van der Waals surface area contributed by atoms with Crippen molar-refractivity contribution in [1.82, 2.24) is 9.80 Å². The lowest BCUT2D eigenvalue weighted by atomic mass is 10.1. The number of nitrogen functional groups attached to an aromatic ring is 1. The van der Waals surface area contributed by atoms with Crippen LogP contribution in [0.4, 0.5) is 5.69 Å². The van der Waals surface area contributed by atoms with E-state index in [2.05, 4.69) is 0 Å². The highest BCUT2D eigenvalue weighted by molar-refractivity contribution is 5.95. The van der Waals surface area contributed by atoms with Gasteiger partial charge in [0, 0.05) is 38.2 Å². The molecule has 0 aromatic heterocycles. The number of nitrogens with zero attached hydrogens (tertiary/aromatic N) is 2. The van der Waals surface area contributed by atoms with Gasteiger partial charge in [-0.05, 0) is 24.6 Å². The fourth-order valence-electron chi connectivity index (χ4n) is 2.45. The Bertz CT molecular complexity index is 545. The average molecular weight is 291 g/mol. The molecule has 3 N–H and O–H groups in total. The van der Waals surface area contributed by atoms with Crippen LogP contribution in [-0.2, 0) is 4.79 Å². The van der Waals surface area contributed by atoms with Crippen LogP contribution in [0.25, 0.3) is 0 Å². The Kier molecular flexibility index (Phi) is 4.67. The molecule has 6 nitrogen and oxygen atoms in total. The van der Waals surface area contributed by atoms with Crippen LogP contribution in [0.2, 0.25) is 0 Å². The molecule has 1 aliphatic rings. The average Bonchev–Trinajstić information content (AvgIpc) is 2.74. The van der Waals surface area contributed by atoms with Crippen molar-refractivity contribution in [2.45, 2.75) is 19.8 Å². The van der Waals surface area contributed by atoms with E-state index in [1.54, 1.807) is 15.9 Å². The second-order valence-corrected chi connectivity index (χ2v) is 5.15. The fraction of sp³-hybridized carbons (Fsp3) is 0.467. The van der Waals surface area contributed by atoms with Gasteiger partial charge in [0.25, 0.3) is 5.91 Å². The predicted molar refractivity (Wildman–Crippen MR) is 79.9 cm³/mol. The summed E-state index contributed by atoms with van der Waals surface area (Å²) >= 11 is 0. The smallest absolute Gasteiger partial charge is 0.254 e. The standard InChI is InChI=1S/C15H21N3O3/c1-2-14(20)17-6-3-7-18(9-8-17)15(21)11-4-5-12(16)13(19)10-11/h4-5,10,19H,2-3,6-9,16H2,1H3. The first-order valence-electron chi connectivity index (χ1n) is 7.18. The molecule has 0 aliphatic carbocycles. The SMILES string of the molecule is CCC(=O)N1CCCN(C(=O)c2ccc(N)c(O)c2)CC1. The van der Waals surface area contributed by atoms with Gasteiger partial charge in [-0.1, -0.05) is 6.92 Å². The van der Waals surface area contributed by atoms with Crippen molar-refractivity contribution < 1.29 is 14.7 Å². The molecule has 2 amide bonds. The van der Waals surface area contributed by atoms with E-state index >= 15 is 0 Å². The number of rotatable bonds is 2. The molecule has 1 saturated heterocycles. The highest BCUT2D eigenvalue weighted by Gasteiger charge is 2.22.